The molecule has 1 aliphatic carbocycles. The first kappa shape index (κ1) is 20.6. The second kappa shape index (κ2) is 7.70. The van der Waals surface area contributed by atoms with Gasteiger partial charge < -0.3 is 19.7 Å². The van der Waals surface area contributed by atoms with Crippen molar-refractivity contribution in [2.75, 3.05) is 6.54 Å². The zero-order valence-corrected chi connectivity index (χ0v) is 17.4. The second-order valence-electron chi connectivity index (χ2n) is 8.37. The second-order valence-corrected chi connectivity index (χ2v) is 8.37. The van der Waals surface area contributed by atoms with E-state index in [1.807, 2.05) is 18.2 Å². The summed E-state index contributed by atoms with van der Waals surface area (Å²) in [5.41, 5.74) is 2.57. The normalized spacial score (nSPS) is 18.1. The van der Waals surface area contributed by atoms with E-state index in [4.69, 9.17) is 4.74 Å². The fraction of sp³-hybridized carbons (Fsp3) is 0.333. The highest BCUT2D eigenvalue weighted by molar-refractivity contribution is 5.97. The van der Waals surface area contributed by atoms with Crippen molar-refractivity contribution in [2.45, 2.75) is 44.9 Å². The van der Waals surface area contributed by atoms with Gasteiger partial charge in [0.1, 0.15) is 5.56 Å². The molecule has 2 aliphatic rings. The molecule has 1 fully saturated rings. The Hall–Kier alpha value is -3.26. The molecule has 1 saturated carbocycles. The lowest BCUT2D eigenvalue weighted by atomic mass is 9.91. The molecule has 5 rings (SSSR count). The van der Waals surface area contributed by atoms with Crippen LogP contribution >= 0.6 is 0 Å². The van der Waals surface area contributed by atoms with Crippen LogP contribution in [0.25, 0.3) is 22.0 Å². The number of nitrogens with zero attached hydrogens (tertiary/aromatic N) is 1. The number of ether oxygens (including phenoxy) is 1. The summed E-state index contributed by atoms with van der Waals surface area (Å²) in [5, 5.41) is 12.9. The molecule has 0 saturated heterocycles. The number of hydrogen-bond acceptors (Lipinski definition) is 4. The number of hydrogen-bond donors (Lipinski definition) is 2. The first-order valence-corrected chi connectivity index (χ1v) is 10.6. The summed E-state index contributed by atoms with van der Waals surface area (Å²) in [7, 11) is 0. The van der Waals surface area contributed by atoms with Crippen molar-refractivity contribution in [1.29, 1.82) is 0 Å². The van der Waals surface area contributed by atoms with Crippen LogP contribution in [0.4, 0.5) is 8.78 Å². The lowest BCUT2D eigenvalue weighted by Gasteiger charge is -2.25. The number of benzene rings is 2. The van der Waals surface area contributed by atoms with Gasteiger partial charge in [-0.25, -0.2) is 4.79 Å². The van der Waals surface area contributed by atoms with Crippen molar-refractivity contribution in [3.63, 3.8) is 0 Å². The maximum Gasteiger partial charge on any atom is 0.387 e. The number of nitrogens with one attached hydrogen (secondary N) is 1. The fourth-order valence-corrected chi connectivity index (χ4v) is 4.57. The van der Waals surface area contributed by atoms with E-state index in [0.717, 1.165) is 31.4 Å². The van der Waals surface area contributed by atoms with Crippen molar-refractivity contribution in [3.8, 4) is 16.9 Å². The minimum Gasteiger partial charge on any atom is -0.477 e. The standard InChI is InChI=1S/C24H22F2N2O4/c1-12-18-10-14(3-2-13(18)8-9-27-12)16-6-7-17-20(22(16)32-24(25)26)28(15-4-5-15)11-19(21(17)29)23(30)31/h2-3,6-7,10-12,15,24,27H,4-5,8-9H2,1H3,(H,30,31). The molecule has 0 amide bonds. The van der Waals surface area contributed by atoms with Gasteiger partial charge in [0.15, 0.2) is 5.75 Å². The van der Waals surface area contributed by atoms with Gasteiger partial charge in [0.05, 0.1) is 10.9 Å². The molecule has 3 aromatic rings. The summed E-state index contributed by atoms with van der Waals surface area (Å²) in [5.74, 6) is -1.45. The number of pyridine rings is 1. The number of aromatic nitrogens is 1. The average molecular weight is 440 g/mol. The van der Waals surface area contributed by atoms with Crippen LogP contribution in [0, 0.1) is 0 Å². The van der Waals surface area contributed by atoms with Crippen LogP contribution in [0.15, 0.2) is 41.3 Å². The topological polar surface area (TPSA) is 80.6 Å². The minimum absolute atomic E-state index is 0.0563. The molecule has 0 spiro atoms. The van der Waals surface area contributed by atoms with E-state index in [1.54, 1.807) is 10.6 Å². The smallest absolute Gasteiger partial charge is 0.387 e. The van der Waals surface area contributed by atoms with E-state index in [1.165, 1.54) is 17.8 Å². The fourth-order valence-electron chi connectivity index (χ4n) is 4.57. The number of carbonyl (C=O) groups is 1. The summed E-state index contributed by atoms with van der Waals surface area (Å²) in [4.78, 5) is 24.4. The number of halogens is 2. The Labute approximate surface area is 182 Å². The monoisotopic (exact) mass is 440 g/mol. The van der Waals surface area contributed by atoms with E-state index in [2.05, 4.69) is 12.2 Å². The van der Waals surface area contributed by atoms with E-state index >= 15 is 0 Å². The van der Waals surface area contributed by atoms with E-state index in [-0.39, 0.29) is 34.3 Å². The molecule has 0 radical (unpaired) electrons. The van der Waals surface area contributed by atoms with Gasteiger partial charge in [-0.05, 0) is 67.6 Å². The molecule has 6 nitrogen and oxygen atoms in total. The molecule has 1 aliphatic heterocycles. The predicted octanol–water partition coefficient (Wildman–Crippen LogP) is 4.51. The molecule has 2 aromatic carbocycles. The van der Waals surface area contributed by atoms with Crippen molar-refractivity contribution >= 4 is 16.9 Å². The minimum atomic E-state index is -3.10. The number of aromatic carboxylic acids is 1. The molecule has 2 N–H and O–H groups in total. The summed E-state index contributed by atoms with van der Waals surface area (Å²) >= 11 is 0. The van der Waals surface area contributed by atoms with E-state index in [9.17, 15) is 23.5 Å². The van der Waals surface area contributed by atoms with Gasteiger partial charge in [0.25, 0.3) is 0 Å². The number of alkyl halides is 2. The SMILES string of the molecule is CC1NCCc2ccc(-c3ccc4c(=O)c(C(=O)O)cn(C5CC5)c4c3OC(F)F)cc21. The summed E-state index contributed by atoms with van der Waals surface area (Å²) in [6, 6.07) is 8.99. The van der Waals surface area contributed by atoms with Gasteiger partial charge in [-0.2, -0.15) is 8.78 Å². The quantitative estimate of drug-likeness (QED) is 0.610. The van der Waals surface area contributed by atoms with E-state index < -0.39 is 18.0 Å². The molecule has 166 valence electrons. The van der Waals surface area contributed by atoms with Gasteiger partial charge in [-0.1, -0.05) is 12.1 Å². The Morgan fingerprint density at radius 3 is 2.72 bits per heavy atom. The first-order chi connectivity index (χ1) is 15.3. The molecular weight excluding hydrogens is 418 g/mol. The van der Waals surface area contributed by atoms with Gasteiger partial charge in [-0.15, -0.1) is 0 Å². The van der Waals surface area contributed by atoms with Crippen LogP contribution in [-0.4, -0.2) is 28.8 Å². The van der Waals surface area contributed by atoms with Gasteiger partial charge in [0, 0.05) is 23.8 Å². The van der Waals surface area contributed by atoms with Gasteiger partial charge in [0.2, 0.25) is 5.43 Å². The van der Waals surface area contributed by atoms with Crippen LogP contribution in [0.3, 0.4) is 0 Å². The largest absolute Gasteiger partial charge is 0.477 e. The summed E-state index contributed by atoms with van der Waals surface area (Å²) in [6.07, 6.45) is 3.69. The lowest BCUT2D eigenvalue weighted by Crippen LogP contribution is -2.27. The molecule has 1 atom stereocenters. The van der Waals surface area contributed by atoms with Crippen molar-refractivity contribution < 1.29 is 23.4 Å². The molecule has 1 aromatic heterocycles. The third kappa shape index (κ3) is 3.44. The predicted molar refractivity (Wildman–Crippen MR) is 116 cm³/mol. The Bertz CT molecular complexity index is 1300. The van der Waals surface area contributed by atoms with Crippen LogP contribution in [0.5, 0.6) is 5.75 Å². The average Bonchev–Trinajstić information content (AvgIpc) is 3.59. The Kier molecular flexibility index (Phi) is 4.97. The molecule has 2 heterocycles. The number of carboxylic acids is 1. The zero-order chi connectivity index (χ0) is 22.6. The molecule has 32 heavy (non-hydrogen) atoms. The maximum atomic E-state index is 13.5. The molecule has 8 heteroatoms. The Morgan fingerprint density at radius 2 is 2.03 bits per heavy atom. The number of carboxylic acid groups (broad SMARTS) is 1. The van der Waals surface area contributed by atoms with Crippen LogP contribution < -0.4 is 15.5 Å². The van der Waals surface area contributed by atoms with Gasteiger partial charge in [-0.3, -0.25) is 4.79 Å². The zero-order valence-electron chi connectivity index (χ0n) is 17.4. The summed E-state index contributed by atoms with van der Waals surface area (Å²) < 4.78 is 33.7. The number of fused-ring (bicyclic) bond motifs is 2. The lowest BCUT2D eigenvalue weighted by molar-refractivity contribution is -0.0486. The highest BCUT2D eigenvalue weighted by Crippen LogP contribution is 2.43. The van der Waals surface area contributed by atoms with Crippen molar-refractivity contribution in [2.24, 2.45) is 0 Å². The van der Waals surface area contributed by atoms with E-state index in [0.29, 0.717) is 11.1 Å². The summed E-state index contributed by atoms with van der Waals surface area (Å²) in [6.45, 7) is -0.167. The highest BCUT2D eigenvalue weighted by atomic mass is 19.3. The Balaban J connectivity index is 1.80. The van der Waals surface area contributed by atoms with Crippen molar-refractivity contribution in [3.05, 3.63) is 63.4 Å². The van der Waals surface area contributed by atoms with Crippen LogP contribution in [0.1, 0.15) is 53.3 Å². The van der Waals surface area contributed by atoms with Crippen LogP contribution in [-0.2, 0) is 6.42 Å². The Morgan fingerprint density at radius 1 is 1.25 bits per heavy atom. The maximum absolute atomic E-state index is 13.5. The van der Waals surface area contributed by atoms with Crippen LogP contribution in [0.2, 0.25) is 0 Å². The third-order valence-corrected chi connectivity index (χ3v) is 6.29. The first-order valence-electron chi connectivity index (χ1n) is 10.6. The third-order valence-electron chi connectivity index (χ3n) is 6.29. The molecule has 0 bridgehead atoms. The highest BCUT2D eigenvalue weighted by Gasteiger charge is 2.30. The number of rotatable bonds is 5. The molecular formula is C24H22F2N2O4. The van der Waals surface area contributed by atoms with Gasteiger partial charge >= 0.3 is 12.6 Å². The molecule has 1 unspecified atom stereocenters. The van der Waals surface area contributed by atoms with Crippen molar-refractivity contribution in [1.82, 2.24) is 9.88 Å².